The standard InChI is InChI=1S/C25H31N5O2/c1-2-18-4-3-5-19(14-18)16-27-23-15-24(28-17-22(23)25(26)31)29-20-6-8-21(9-7-20)30-10-12-32-13-11-30/h3-8,14-15,17,21H,2,9-13,16H2,1H3,(H2,26,31)(H2,27,28,29). The van der Waals surface area contributed by atoms with Crippen molar-refractivity contribution >= 4 is 17.4 Å². The fourth-order valence-corrected chi connectivity index (χ4v) is 4.05. The lowest BCUT2D eigenvalue weighted by Gasteiger charge is -2.33. The summed E-state index contributed by atoms with van der Waals surface area (Å²) in [4.78, 5) is 18.7. The topological polar surface area (TPSA) is 92.5 Å². The Labute approximate surface area is 189 Å². The third-order valence-corrected chi connectivity index (χ3v) is 5.92. The van der Waals surface area contributed by atoms with E-state index in [9.17, 15) is 4.79 Å². The molecule has 7 nitrogen and oxygen atoms in total. The van der Waals surface area contributed by atoms with Crippen LogP contribution in [0.4, 0.5) is 11.5 Å². The second-order valence-corrected chi connectivity index (χ2v) is 8.10. The Kier molecular flexibility index (Phi) is 7.19. The molecule has 1 fully saturated rings. The first-order chi connectivity index (χ1) is 15.6. The van der Waals surface area contributed by atoms with Crippen molar-refractivity contribution in [1.29, 1.82) is 0 Å². The van der Waals surface area contributed by atoms with Gasteiger partial charge in [-0.1, -0.05) is 43.3 Å². The van der Waals surface area contributed by atoms with Crippen LogP contribution in [0.5, 0.6) is 0 Å². The maximum absolute atomic E-state index is 11.9. The van der Waals surface area contributed by atoms with E-state index in [-0.39, 0.29) is 0 Å². The van der Waals surface area contributed by atoms with Gasteiger partial charge in [0.15, 0.2) is 0 Å². The number of anilines is 2. The maximum Gasteiger partial charge on any atom is 0.252 e. The molecular formula is C25H31N5O2. The third kappa shape index (κ3) is 5.55. The Hall–Kier alpha value is -3.16. The molecule has 0 saturated carbocycles. The van der Waals surface area contributed by atoms with E-state index in [1.807, 2.05) is 6.07 Å². The van der Waals surface area contributed by atoms with Crippen LogP contribution in [0.25, 0.3) is 0 Å². The third-order valence-electron chi connectivity index (χ3n) is 5.92. The van der Waals surface area contributed by atoms with Gasteiger partial charge in [-0.3, -0.25) is 9.69 Å². The molecule has 2 heterocycles. The van der Waals surface area contributed by atoms with Crippen molar-refractivity contribution in [2.24, 2.45) is 5.73 Å². The Morgan fingerprint density at radius 1 is 1.25 bits per heavy atom. The summed E-state index contributed by atoms with van der Waals surface area (Å²) in [6.07, 6.45) is 9.96. The van der Waals surface area contributed by atoms with E-state index in [4.69, 9.17) is 10.5 Å². The number of amides is 1. The molecule has 0 bridgehead atoms. The molecule has 1 aromatic carbocycles. The van der Waals surface area contributed by atoms with Crippen LogP contribution in [0.3, 0.4) is 0 Å². The fraction of sp³-hybridized carbons (Fsp3) is 0.360. The van der Waals surface area contributed by atoms with Gasteiger partial charge in [0.2, 0.25) is 0 Å². The first-order valence-corrected chi connectivity index (χ1v) is 11.2. The molecule has 1 atom stereocenters. The van der Waals surface area contributed by atoms with Gasteiger partial charge in [-0.05, 0) is 30.0 Å². The summed E-state index contributed by atoms with van der Waals surface area (Å²) >= 11 is 0. The summed E-state index contributed by atoms with van der Waals surface area (Å²) < 4.78 is 5.45. The van der Waals surface area contributed by atoms with Crippen LogP contribution >= 0.6 is 0 Å². The van der Waals surface area contributed by atoms with E-state index < -0.39 is 5.91 Å². The number of hydrogen-bond donors (Lipinski definition) is 3. The SMILES string of the molecule is CCc1cccc(CNc2cc(NC3=CCC(N4CCOCC4)C=C3)ncc2C(N)=O)c1. The van der Waals surface area contributed by atoms with E-state index in [1.165, 1.54) is 11.8 Å². The number of morpholine rings is 1. The van der Waals surface area contributed by atoms with Crippen LogP contribution in [-0.4, -0.2) is 48.1 Å². The summed E-state index contributed by atoms with van der Waals surface area (Å²) in [6, 6.07) is 10.6. The van der Waals surface area contributed by atoms with E-state index in [1.54, 1.807) is 0 Å². The molecule has 2 aromatic rings. The average Bonchev–Trinajstić information content (AvgIpc) is 2.84. The summed E-state index contributed by atoms with van der Waals surface area (Å²) in [5, 5.41) is 6.71. The highest BCUT2D eigenvalue weighted by Gasteiger charge is 2.20. The number of allylic oxidation sites excluding steroid dienone is 1. The highest BCUT2D eigenvalue weighted by molar-refractivity contribution is 5.98. The van der Waals surface area contributed by atoms with E-state index >= 15 is 0 Å². The minimum absolute atomic E-state index is 0.378. The maximum atomic E-state index is 11.9. The number of aryl methyl sites for hydroxylation is 1. The number of hydrogen-bond acceptors (Lipinski definition) is 6. The quantitative estimate of drug-likeness (QED) is 0.592. The lowest BCUT2D eigenvalue weighted by atomic mass is 10.0. The number of ether oxygens (including phenoxy) is 1. The highest BCUT2D eigenvalue weighted by Crippen LogP contribution is 2.23. The summed E-state index contributed by atoms with van der Waals surface area (Å²) in [5.74, 6) is 0.166. The predicted molar refractivity (Wildman–Crippen MR) is 128 cm³/mol. The largest absolute Gasteiger partial charge is 0.380 e. The second kappa shape index (κ2) is 10.4. The van der Waals surface area contributed by atoms with Crippen LogP contribution in [0, 0.1) is 0 Å². The first-order valence-electron chi connectivity index (χ1n) is 11.2. The molecule has 1 aromatic heterocycles. The van der Waals surface area contributed by atoms with Gasteiger partial charge in [-0.25, -0.2) is 4.98 Å². The Bertz CT molecular complexity index is 1010. The number of aromatic nitrogens is 1. The second-order valence-electron chi connectivity index (χ2n) is 8.10. The van der Waals surface area contributed by atoms with Gasteiger partial charge in [0.25, 0.3) is 5.91 Å². The van der Waals surface area contributed by atoms with Gasteiger partial charge in [0.05, 0.1) is 24.5 Å². The average molecular weight is 434 g/mol. The van der Waals surface area contributed by atoms with E-state index in [2.05, 4.69) is 69.9 Å². The van der Waals surface area contributed by atoms with Crippen LogP contribution in [-0.2, 0) is 17.7 Å². The summed E-state index contributed by atoms with van der Waals surface area (Å²) in [7, 11) is 0. The lowest BCUT2D eigenvalue weighted by Crippen LogP contribution is -2.43. The van der Waals surface area contributed by atoms with Crippen molar-refractivity contribution in [2.45, 2.75) is 32.4 Å². The number of primary amides is 1. The van der Waals surface area contributed by atoms with Crippen molar-refractivity contribution in [3.05, 3.63) is 77.1 Å². The molecule has 168 valence electrons. The molecule has 1 unspecified atom stereocenters. The van der Waals surface area contributed by atoms with Gasteiger partial charge >= 0.3 is 0 Å². The minimum Gasteiger partial charge on any atom is -0.380 e. The van der Waals surface area contributed by atoms with Crippen molar-refractivity contribution in [3.63, 3.8) is 0 Å². The molecule has 32 heavy (non-hydrogen) atoms. The lowest BCUT2D eigenvalue weighted by molar-refractivity contribution is 0.0259. The Morgan fingerprint density at radius 3 is 2.78 bits per heavy atom. The number of nitrogens with one attached hydrogen (secondary N) is 2. The van der Waals surface area contributed by atoms with Crippen molar-refractivity contribution in [2.75, 3.05) is 36.9 Å². The number of rotatable bonds is 8. The van der Waals surface area contributed by atoms with Gasteiger partial charge in [-0.2, -0.15) is 0 Å². The zero-order valence-electron chi connectivity index (χ0n) is 18.5. The first kappa shape index (κ1) is 22.0. The molecule has 1 aliphatic carbocycles. The van der Waals surface area contributed by atoms with Crippen molar-refractivity contribution < 1.29 is 9.53 Å². The van der Waals surface area contributed by atoms with Crippen LogP contribution in [0.15, 0.2) is 60.5 Å². The van der Waals surface area contributed by atoms with Gasteiger partial charge in [0.1, 0.15) is 5.82 Å². The van der Waals surface area contributed by atoms with Gasteiger partial charge in [-0.15, -0.1) is 0 Å². The minimum atomic E-state index is -0.501. The smallest absolute Gasteiger partial charge is 0.252 e. The Balaban J connectivity index is 1.42. The van der Waals surface area contributed by atoms with Crippen LogP contribution in [0.2, 0.25) is 0 Å². The summed E-state index contributed by atoms with van der Waals surface area (Å²) in [6.45, 7) is 6.27. The van der Waals surface area contributed by atoms with Crippen LogP contribution < -0.4 is 16.4 Å². The Morgan fingerprint density at radius 2 is 2.06 bits per heavy atom. The molecule has 4 N–H and O–H groups in total. The van der Waals surface area contributed by atoms with Gasteiger partial charge in [0, 0.05) is 43.6 Å². The molecule has 7 heteroatoms. The number of nitrogens with zero attached hydrogens (tertiary/aromatic N) is 2. The molecule has 0 radical (unpaired) electrons. The van der Waals surface area contributed by atoms with E-state index in [0.717, 1.165) is 50.4 Å². The van der Waals surface area contributed by atoms with Crippen molar-refractivity contribution in [3.8, 4) is 0 Å². The predicted octanol–water partition coefficient (Wildman–Crippen LogP) is 3.31. The zero-order valence-corrected chi connectivity index (χ0v) is 18.5. The van der Waals surface area contributed by atoms with Crippen molar-refractivity contribution in [1.82, 2.24) is 9.88 Å². The number of pyridine rings is 1. The molecule has 4 rings (SSSR count). The van der Waals surface area contributed by atoms with E-state index in [0.29, 0.717) is 29.7 Å². The summed E-state index contributed by atoms with van der Waals surface area (Å²) in [5.41, 5.74) is 10.0. The highest BCUT2D eigenvalue weighted by atomic mass is 16.5. The molecule has 2 aliphatic rings. The zero-order chi connectivity index (χ0) is 22.3. The number of carbonyl (C=O) groups excluding carboxylic acids is 1. The molecular weight excluding hydrogens is 402 g/mol. The van der Waals surface area contributed by atoms with Gasteiger partial charge < -0.3 is 21.1 Å². The number of nitrogens with two attached hydrogens (primary N) is 1. The number of carbonyl (C=O) groups is 1. The fourth-order valence-electron chi connectivity index (χ4n) is 4.05. The molecule has 1 amide bonds. The number of benzene rings is 1. The van der Waals surface area contributed by atoms with Crippen LogP contribution in [0.1, 0.15) is 34.8 Å². The molecule has 0 spiro atoms. The monoisotopic (exact) mass is 433 g/mol. The normalized spacial score (nSPS) is 18.8. The molecule has 1 aliphatic heterocycles. The molecule has 1 saturated heterocycles.